The summed E-state index contributed by atoms with van der Waals surface area (Å²) in [6.45, 7) is 0.736. The lowest BCUT2D eigenvalue weighted by atomic mass is 10.2. The van der Waals surface area contributed by atoms with Gasteiger partial charge in [0.2, 0.25) is 0 Å². The first-order valence-electron chi connectivity index (χ1n) is 3.28. The van der Waals surface area contributed by atoms with Gasteiger partial charge in [-0.25, -0.2) is 0 Å². The second-order valence-electron chi connectivity index (χ2n) is 2.13. The Morgan fingerprint density at radius 2 is 1.91 bits per heavy atom. The molecule has 0 spiro atoms. The van der Waals surface area contributed by atoms with Gasteiger partial charge in [-0.15, -0.1) is 12.4 Å². The van der Waals surface area contributed by atoms with Gasteiger partial charge < -0.3 is 5.73 Å². The zero-order valence-electron chi connectivity index (χ0n) is 6.09. The minimum absolute atomic E-state index is 0. The van der Waals surface area contributed by atoms with Crippen LogP contribution in [0.3, 0.4) is 0 Å². The molecule has 3 heteroatoms. The molecule has 2 N–H and O–H groups in total. The van der Waals surface area contributed by atoms with Crippen molar-refractivity contribution in [2.45, 2.75) is 6.42 Å². The number of hydrogen-bond donors (Lipinski definition) is 1. The average Bonchev–Trinajstić information content (AvgIpc) is 1.94. The third-order valence-corrected chi connectivity index (χ3v) is 2.42. The van der Waals surface area contributed by atoms with Crippen LogP contribution in [0.2, 0.25) is 0 Å². The van der Waals surface area contributed by atoms with Crippen molar-refractivity contribution < 1.29 is 0 Å². The van der Waals surface area contributed by atoms with Crippen LogP contribution in [-0.4, -0.2) is 6.54 Å². The molecule has 0 saturated carbocycles. The Morgan fingerprint density at radius 3 is 2.45 bits per heavy atom. The molecule has 0 unspecified atom stereocenters. The predicted octanol–water partition coefficient (Wildman–Crippen LogP) is 2.21. The number of halogens is 2. The second kappa shape index (κ2) is 5.80. The van der Waals surface area contributed by atoms with Crippen LogP contribution >= 0.6 is 35.0 Å². The fraction of sp³-hybridized carbons (Fsp3) is 0.250. The van der Waals surface area contributed by atoms with Crippen LogP contribution in [0.1, 0.15) is 5.56 Å². The van der Waals surface area contributed by atoms with Gasteiger partial charge in [-0.1, -0.05) is 18.2 Å². The van der Waals surface area contributed by atoms with E-state index in [0.717, 1.165) is 13.0 Å². The van der Waals surface area contributed by atoms with Gasteiger partial charge in [0.15, 0.2) is 0 Å². The summed E-state index contributed by atoms with van der Waals surface area (Å²) in [5, 5.41) is 0. The summed E-state index contributed by atoms with van der Waals surface area (Å²) in [5.41, 5.74) is 6.78. The summed E-state index contributed by atoms with van der Waals surface area (Å²) in [5.74, 6) is 0. The molecular weight excluding hydrogens is 272 g/mol. The molecule has 0 aliphatic carbocycles. The van der Waals surface area contributed by atoms with Crippen LogP contribution in [0.25, 0.3) is 0 Å². The van der Waals surface area contributed by atoms with Gasteiger partial charge in [0, 0.05) is 3.57 Å². The molecule has 0 aliphatic rings. The van der Waals surface area contributed by atoms with E-state index in [-0.39, 0.29) is 12.4 Å². The normalized spacial score (nSPS) is 8.91. The standard InChI is InChI=1S/C8H10IN.ClH/c9-8-4-2-1-3-7(8)5-6-10;/h1-4H,5-6,10H2;1H. The summed E-state index contributed by atoms with van der Waals surface area (Å²) in [6, 6.07) is 8.31. The van der Waals surface area contributed by atoms with Gasteiger partial charge >= 0.3 is 0 Å². The van der Waals surface area contributed by atoms with Crippen molar-refractivity contribution >= 4 is 35.0 Å². The Labute approximate surface area is 86.9 Å². The highest BCUT2D eigenvalue weighted by molar-refractivity contribution is 14.1. The van der Waals surface area contributed by atoms with Crippen molar-refractivity contribution in [3.63, 3.8) is 0 Å². The van der Waals surface area contributed by atoms with E-state index in [1.54, 1.807) is 0 Å². The first kappa shape index (κ1) is 11.2. The lowest BCUT2D eigenvalue weighted by Gasteiger charge is -1.99. The van der Waals surface area contributed by atoms with Crippen LogP contribution in [0, 0.1) is 3.57 Å². The molecule has 0 amide bonds. The fourth-order valence-electron chi connectivity index (χ4n) is 0.857. The van der Waals surface area contributed by atoms with Crippen molar-refractivity contribution in [2.75, 3.05) is 6.54 Å². The van der Waals surface area contributed by atoms with E-state index in [1.807, 2.05) is 12.1 Å². The lowest BCUT2D eigenvalue weighted by molar-refractivity contribution is 0.963. The van der Waals surface area contributed by atoms with Gasteiger partial charge in [0.25, 0.3) is 0 Å². The first-order valence-corrected chi connectivity index (χ1v) is 4.36. The lowest BCUT2D eigenvalue weighted by Crippen LogP contribution is -2.03. The highest BCUT2D eigenvalue weighted by Gasteiger charge is 1.94. The highest BCUT2D eigenvalue weighted by atomic mass is 127. The Kier molecular flexibility index (Phi) is 5.91. The quantitative estimate of drug-likeness (QED) is 0.828. The van der Waals surface area contributed by atoms with Crippen LogP contribution in [-0.2, 0) is 6.42 Å². The van der Waals surface area contributed by atoms with E-state index < -0.39 is 0 Å². The van der Waals surface area contributed by atoms with Crippen molar-refractivity contribution in [3.8, 4) is 0 Å². The maximum absolute atomic E-state index is 5.43. The molecule has 1 nitrogen and oxygen atoms in total. The number of benzene rings is 1. The molecule has 0 saturated heterocycles. The van der Waals surface area contributed by atoms with Crippen molar-refractivity contribution in [1.29, 1.82) is 0 Å². The van der Waals surface area contributed by atoms with E-state index in [4.69, 9.17) is 5.73 Å². The number of rotatable bonds is 2. The molecule has 11 heavy (non-hydrogen) atoms. The zero-order chi connectivity index (χ0) is 7.40. The Bertz CT molecular complexity index is 215. The second-order valence-corrected chi connectivity index (χ2v) is 3.29. The maximum atomic E-state index is 5.43. The molecule has 1 aromatic rings. The third kappa shape index (κ3) is 3.40. The van der Waals surface area contributed by atoms with Crippen LogP contribution in [0.5, 0.6) is 0 Å². The van der Waals surface area contributed by atoms with Gasteiger partial charge in [-0.05, 0) is 47.2 Å². The van der Waals surface area contributed by atoms with Crippen LogP contribution in [0.15, 0.2) is 24.3 Å². The van der Waals surface area contributed by atoms with E-state index in [2.05, 4.69) is 34.7 Å². The molecular formula is C8H11ClIN. The first-order chi connectivity index (χ1) is 4.84. The molecule has 0 heterocycles. The third-order valence-electron chi connectivity index (χ3n) is 1.37. The monoisotopic (exact) mass is 283 g/mol. The van der Waals surface area contributed by atoms with Gasteiger partial charge in [-0.3, -0.25) is 0 Å². The molecule has 62 valence electrons. The Hall–Kier alpha value is 0.200. The maximum Gasteiger partial charge on any atom is 0.0162 e. The average molecular weight is 284 g/mol. The van der Waals surface area contributed by atoms with Crippen molar-refractivity contribution in [3.05, 3.63) is 33.4 Å². The topological polar surface area (TPSA) is 26.0 Å². The molecule has 0 aliphatic heterocycles. The summed E-state index contributed by atoms with van der Waals surface area (Å²) in [7, 11) is 0. The SMILES string of the molecule is Cl.NCCc1ccccc1I. The van der Waals surface area contributed by atoms with E-state index in [9.17, 15) is 0 Å². The minimum atomic E-state index is 0. The van der Waals surface area contributed by atoms with Gasteiger partial charge in [-0.2, -0.15) is 0 Å². The Morgan fingerprint density at radius 1 is 1.27 bits per heavy atom. The van der Waals surface area contributed by atoms with Crippen molar-refractivity contribution in [2.24, 2.45) is 5.73 Å². The molecule has 0 bridgehead atoms. The van der Waals surface area contributed by atoms with E-state index >= 15 is 0 Å². The molecule has 0 atom stereocenters. The van der Waals surface area contributed by atoms with E-state index in [0.29, 0.717) is 0 Å². The van der Waals surface area contributed by atoms with Gasteiger partial charge in [0.05, 0.1) is 0 Å². The van der Waals surface area contributed by atoms with E-state index in [1.165, 1.54) is 9.13 Å². The zero-order valence-corrected chi connectivity index (χ0v) is 9.06. The molecule has 1 rings (SSSR count). The summed E-state index contributed by atoms with van der Waals surface area (Å²) >= 11 is 2.33. The summed E-state index contributed by atoms with van der Waals surface area (Å²) in [4.78, 5) is 0. The molecule has 0 aromatic heterocycles. The summed E-state index contributed by atoms with van der Waals surface area (Å²) < 4.78 is 1.31. The number of nitrogens with two attached hydrogens (primary N) is 1. The predicted molar refractivity (Wildman–Crippen MR) is 59.2 cm³/mol. The Balaban J connectivity index is 0.000001000. The molecule has 0 fully saturated rings. The highest BCUT2D eigenvalue weighted by Crippen LogP contribution is 2.10. The molecule has 0 radical (unpaired) electrons. The summed E-state index contributed by atoms with van der Waals surface area (Å²) in [6.07, 6.45) is 0.985. The fourth-order valence-corrected chi connectivity index (χ4v) is 1.51. The largest absolute Gasteiger partial charge is 0.330 e. The van der Waals surface area contributed by atoms with Gasteiger partial charge in [0.1, 0.15) is 0 Å². The number of hydrogen-bond acceptors (Lipinski definition) is 1. The minimum Gasteiger partial charge on any atom is -0.330 e. The van der Waals surface area contributed by atoms with Crippen LogP contribution < -0.4 is 5.73 Å². The smallest absolute Gasteiger partial charge is 0.0162 e. The van der Waals surface area contributed by atoms with Crippen LogP contribution in [0.4, 0.5) is 0 Å². The molecule has 1 aromatic carbocycles. The van der Waals surface area contributed by atoms with Crippen molar-refractivity contribution in [1.82, 2.24) is 0 Å².